The van der Waals surface area contributed by atoms with Crippen molar-refractivity contribution >= 4 is 11.0 Å². The molecule has 5 aromatic rings. The Labute approximate surface area is 220 Å². The van der Waals surface area contributed by atoms with E-state index in [1.54, 1.807) is 48.7 Å². The van der Waals surface area contributed by atoms with Gasteiger partial charge >= 0.3 is 6.18 Å². The molecule has 0 amide bonds. The van der Waals surface area contributed by atoms with E-state index in [-0.39, 0.29) is 29.3 Å². The first-order chi connectivity index (χ1) is 18.8. The number of aromatic nitrogens is 6. The van der Waals surface area contributed by atoms with Gasteiger partial charge in [0.15, 0.2) is 23.0 Å². The largest absolute Gasteiger partial charge is 0.493 e. The third kappa shape index (κ3) is 5.23. The summed E-state index contributed by atoms with van der Waals surface area (Å²) in [6.45, 7) is -0.0776. The molecular weight excluding hydrogens is 517 g/mol. The highest BCUT2D eigenvalue weighted by atomic mass is 19.4. The highest BCUT2D eigenvalue weighted by Crippen LogP contribution is 2.39. The Hall–Kier alpha value is -4.94. The predicted molar refractivity (Wildman–Crippen MR) is 133 cm³/mol. The van der Waals surface area contributed by atoms with Crippen molar-refractivity contribution in [3.8, 4) is 40.2 Å². The van der Waals surface area contributed by atoms with Crippen LogP contribution in [0.2, 0.25) is 0 Å². The fourth-order valence-electron chi connectivity index (χ4n) is 3.80. The minimum absolute atomic E-state index is 0.0578. The number of rotatable bonds is 8. The first-order valence-electron chi connectivity index (χ1n) is 11.5. The highest BCUT2D eigenvalue weighted by molar-refractivity contribution is 5.82. The van der Waals surface area contributed by atoms with Crippen molar-refractivity contribution in [2.75, 3.05) is 21.3 Å². The van der Waals surface area contributed by atoms with Gasteiger partial charge in [0.25, 0.3) is 0 Å². The zero-order valence-corrected chi connectivity index (χ0v) is 20.9. The molecule has 0 aliphatic heterocycles. The first-order valence-corrected chi connectivity index (χ1v) is 11.5. The van der Waals surface area contributed by atoms with E-state index < -0.39 is 11.9 Å². The zero-order valence-electron chi connectivity index (χ0n) is 20.9. The van der Waals surface area contributed by atoms with Gasteiger partial charge in [-0.25, -0.2) is 14.6 Å². The quantitative estimate of drug-likeness (QED) is 0.273. The van der Waals surface area contributed by atoms with Crippen molar-refractivity contribution in [2.45, 2.75) is 12.8 Å². The second-order valence-electron chi connectivity index (χ2n) is 8.11. The van der Waals surface area contributed by atoms with Crippen LogP contribution in [0.5, 0.6) is 23.1 Å². The number of halogens is 3. The SMILES string of the molecule is COc1cc(-n2cc(COc3nc(-c4ccccc4)nc4nc(C(F)(F)F)ccc34)nn2)cc(OC)c1OC. The molecule has 200 valence electrons. The van der Waals surface area contributed by atoms with Crippen LogP contribution in [0.4, 0.5) is 13.2 Å². The summed E-state index contributed by atoms with van der Waals surface area (Å²) >= 11 is 0. The molecule has 0 saturated heterocycles. The van der Waals surface area contributed by atoms with E-state index >= 15 is 0 Å². The molecule has 0 aliphatic carbocycles. The number of pyridine rings is 1. The van der Waals surface area contributed by atoms with Crippen molar-refractivity contribution in [1.29, 1.82) is 0 Å². The van der Waals surface area contributed by atoms with Gasteiger partial charge in [0.05, 0.1) is 38.6 Å². The number of hydrogen-bond acceptors (Lipinski definition) is 9. The molecule has 0 bridgehead atoms. The fraction of sp³-hybridized carbons (Fsp3) is 0.192. The predicted octanol–water partition coefficient (Wildman–Crippen LogP) is 4.90. The minimum atomic E-state index is -4.63. The number of methoxy groups -OCH3 is 3. The Kier molecular flexibility index (Phi) is 6.88. The lowest BCUT2D eigenvalue weighted by atomic mass is 10.2. The van der Waals surface area contributed by atoms with Crippen LogP contribution in [-0.4, -0.2) is 51.3 Å². The Balaban J connectivity index is 1.47. The first kappa shape index (κ1) is 25.7. The van der Waals surface area contributed by atoms with Gasteiger partial charge in [-0.05, 0) is 12.1 Å². The van der Waals surface area contributed by atoms with Crippen molar-refractivity contribution < 1.29 is 32.1 Å². The van der Waals surface area contributed by atoms with Gasteiger partial charge in [0.1, 0.15) is 18.0 Å². The number of benzene rings is 2. The third-order valence-electron chi connectivity index (χ3n) is 5.66. The zero-order chi connectivity index (χ0) is 27.6. The molecule has 13 heteroatoms. The number of ether oxygens (including phenoxy) is 4. The van der Waals surface area contributed by atoms with Crippen molar-refractivity contribution in [3.63, 3.8) is 0 Å². The minimum Gasteiger partial charge on any atom is -0.493 e. The topological polar surface area (TPSA) is 106 Å². The molecule has 3 aromatic heterocycles. The second kappa shape index (κ2) is 10.4. The smallest absolute Gasteiger partial charge is 0.433 e. The maximum absolute atomic E-state index is 13.3. The van der Waals surface area contributed by atoms with E-state index in [0.29, 0.717) is 34.2 Å². The van der Waals surface area contributed by atoms with E-state index in [9.17, 15) is 13.2 Å². The summed E-state index contributed by atoms with van der Waals surface area (Å²) in [5.41, 5.74) is 0.404. The summed E-state index contributed by atoms with van der Waals surface area (Å²) in [4.78, 5) is 12.4. The number of hydrogen-bond donors (Lipinski definition) is 0. The van der Waals surface area contributed by atoms with E-state index in [1.807, 2.05) is 0 Å². The van der Waals surface area contributed by atoms with Gasteiger partial charge in [-0.2, -0.15) is 18.2 Å². The summed E-state index contributed by atoms with van der Waals surface area (Å²) in [6.07, 6.45) is -3.00. The molecule has 0 aliphatic rings. The molecule has 0 unspecified atom stereocenters. The van der Waals surface area contributed by atoms with Crippen LogP contribution in [0.3, 0.4) is 0 Å². The van der Waals surface area contributed by atoms with Crippen molar-refractivity contribution in [1.82, 2.24) is 29.9 Å². The molecule has 0 atom stereocenters. The molecule has 0 fully saturated rings. The third-order valence-corrected chi connectivity index (χ3v) is 5.66. The lowest BCUT2D eigenvalue weighted by Crippen LogP contribution is -2.09. The number of nitrogens with zero attached hydrogens (tertiary/aromatic N) is 6. The van der Waals surface area contributed by atoms with Crippen molar-refractivity contribution in [2.24, 2.45) is 0 Å². The van der Waals surface area contributed by atoms with Gasteiger partial charge in [0, 0.05) is 17.7 Å². The van der Waals surface area contributed by atoms with E-state index in [2.05, 4.69) is 25.3 Å². The summed E-state index contributed by atoms with van der Waals surface area (Å²) in [6, 6.07) is 14.3. The molecule has 0 spiro atoms. The average molecular weight is 538 g/mol. The van der Waals surface area contributed by atoms with Crippen LogP contribution in [0.25, 0.3) is 28.1 Å². The molecule has 39 heavy (non-hydrogen) atoms. The van der Waals surface area contributed by atoms with Gasteiger partial charge in [-0.3, -0.25) is 0 Å². The lowest BCUT2D eigenvalue weighted by Gasteiger charge is -2.13. The van der Waals surface area contributed by atoms with Crippen LogP contribution in [-0.2, 0) is 12.8 Å². The Morgan fingerprint density at radius 1 is 0.846 bits per heavy atom. The monoisotopic (exact) mass is 538 g/mol. The van der Waals surface area contributed by atoms with E-state index in [1.165, 1.54) is 32.1 Å². The van der Waals surface area contributed by atoms with Gasteiger partial charge in [0.2, 0.25) is 11.6 Å². The number of fused-ring (bicyclic) bond motifs is 1. The molecule has 0 radical (unpaired) electrons. The van der Waals surface area contributed by atoms with Crippen LogP contribution in [0.1, 0.15) is 11.4 Å². The van der Waals surface area contributed by atoms with Gasteiger partial charge in [-0.15, -0.1) is 5.10 Å². The molecule has 5 rings (SSSR count). The summed E-state index contributed by atoms with van der Waals surface area (Å²) in [7, 11) is 4.51. The highest BCUT2D eigenvalue weighted by Gasteiger charge is 2.33. The molecular formula is C26H21F3N6O4. The molecule has 10 nitrogen and oxygen atoms in total. The van der Waals surface area contributed by atoms with Crippen LogP contribution < -0.4 is 18.9 Å². The summed E-state index contributed by atoms with van der Waals surface area (Å²) < 4.78 is 63.5. The van der Waals surface area contributed by atoms with Crippen LogP contribution >= 0.6 is 0 Å². The molecule has 0 N–H and O–H groups in total. The maximum Gasteiger partial charge on any atom is 0.433 e. The maximum atomic E-state index is 13.3. The van der Waals surface area contributed by atoms with Gasteiger partial charge < -0.3 is 18.9 Å². The van der Waals surface area contributed by atoms with E-state index in [0.717, 1.165) is 6.07 Å². The molecule has 2 aromatic carbocycles. The molecule has 3 heterocycles. The van der Waals surface area contributed by atoms with E-state index in [4.69, 9.17) is 18.9 Å². The summed E-state index contributed by atoms with van der Waals surface area (Å²) in [5.74, 6) is 1.53. The van der Waals surface area contributed by atoms with Gasteiger partial charge in [-0.1, -0.05) is 35.5 Å². The second-order valence-corrected chi connectivity index (χ2v) is 8.11. The Bertz CT molecular complexity index is 1600. The normalized spacial score (nSPS) is 11.4. The van der Waals surface area contributed by atoms with Crippen LogP contribution in [0.15, 0.2) is 60.8 Å². The summed E-state index contributed by atoms with van der Waals surface area (Å²) in [5, 5.41) is 8.49. The average Bonchev–Trinajstić information content (AvgIpc) is 3.43. The number of alkyl halides is 3. The standard InChI is InChI=1S/C26H21F3N6O4/c1-36-19-11-17(12-20(37-2)22(19)38-3)35-13-16(33-34-35)14-39-25-18-9-10-21(26(27,28)29)30-24(18)31-23(32-25)15-7-5-4-6-8-15/h4-13H,14H2,1-3H3. The Morgan fingerprint density at radius 3 is 2.21 bits per heavy atom. The van der Waals surface area contributed by atoms with Crippen LogP contribution in [0, 0.1) is 0 Å². The lowest BCUT2D eigenvalue weighted by molar-refractivity contribution is -0.141. The molecule has 0 saturated carbocycles. The van der Waals surface area contributed by atoms with Crippen molar-refractivity contribution in [3.05, 3.63) is 72.2 Å². The fourth-order valence-corrected chi connectivity index (χ4v) is 3.80. The Morgan fingerprint density at radius 2 is 1.56 bits per heavy atom.